The van der Waals surface area contributed by atoms with E-state index in [1.165, 1.54) is 65.7 Å². The topological polar surface area (TPSA) is 25.8 Å². The van der Waals surface area contributed by atoms with Crippen LogP contribution in [0.25, 0.3) is 77.1 Å². The third-order valence-corrected chi connectivity index (χ3v) is 8.99. The van der Waals surface area contributed by atoms with E-state index >= 15 is 0 Å². The molecule has 1 aliphatic rings. The summed E-state index contributed by atoms with van der Waals surface area (Å²) in [5.41, 5.74) is 11.7. The van der Waals surface area contributed by atoms with Gasteiger partial charge in [-0.3, -0.25) is 9.97 Å². The number of hydrogen-bond acceptors (Lipinski definition) is 2. The summed E-state index contributed by atoms with van der Waals surface area (Å²) in [6, 6.07) is 47.8. The maximum absolute atomic E-state index is 4.94. The highest BCUT2D eigenvalue weighted by Crippen LogP contribution is 2.45. The highest BCUT2D eigenvalue weighted by Gasteiger charge is 2.21. The molecule has 1 aliphatic carbocycles. The highest BCUT2D eigenvalue weighted by molar-refractivity contribution is 6.26. The standard InChI is InChI=1S/C41H26N2/c1-3-7-26(8-4-1)31-15-21-37(42-24-31)33-17-13-29-23-30-14-18-34(38-22-16-32(25-43-38)27-9-5-2-6-10-27)36-20-12-28-11-19-35(33)39(29)41(28)40(30)36/h1-22,24-25H,23H2. The van der Waals surface area contributed by atoms with Gasteiger partial charge >= 0.3 is 0 Å². The van der Waals surface area contributed by atoms with Crippen LogP contribution < -0.4 is 0 Å². The maximum atomic E-state index is 4.94. The molecule has 2 aromatic heterocycles. The van der Waals surface area contributed by atoms with Crippen molar-refractivity contribution in [3.8, 4) is 44.8 Å². The lowest BCUT2D eigenvalue weighted by molar-refractivity contribution is 1.23. The fourth-order valence-electron chi connectivity index (χ4n) is 6.90. The number of aromatic nitrogens is 2. The lowest BCUT2D eigenvalue weighted by atomic mass is 9.81. The van der Waals surface area contributed by atoms with Crippen molar-refractivity contribution in [1.29, 1.82) is 0 Å². The zero-order valence-corrected chi connectivity index (χ0v) is 23.5. The fraction of sp³-hybridized carbons (Fsp3) is 0.0244. The molecular weight excluding hydrogens is 520 g/mol. The third kappa shape index (κ3) is 3.80. The lowest BCUT2D eigenvalue weighted by Gasteiger charge is -2.22. The predicted molar refractivity (Wildman–Crippen MR) is 179 cm³/mol. The molecule has 2 nitrogen and oxygen atoms in total. The van der Waals surface area contributed by atoms with Gasteiger partial charge in [-0.25, -0.2) is 0 Å². The van der Waals surface area contributed by atoms with Crippen LogP contribution in [0.15, 0.2) is 146 Å². The Labute approximate surface area is 250 Å². The minimum absolute atomic E-state index is 0.921. The van der Waals surface area contributed by atoms with Gasteiger partial charge in [-0.2, -0.15) is 0 Å². The Morgan fingerprint density at radius 1 is 0.372 bits per heavy atom. The Morgan fingerprint density at radius 2 is 0.860 bits per heavy atom. The molecule has 0 unspecified atom stereocenters. The van der Waals surface area contributed by atoms with Crippen LogP contribution in [0.3, 0.4) is 0 Å². The Bertz CT molecular complexity index is 2160. The van der Waals surface area contributed by atoms with Gasteiger partial charge in [0.25, 0.3) is 0 Å². The summed E-state index contributed by atoms with van der Waals surface area (Å²) in [6.45, 7) is 0. The molecule has 9 rings (SSSR count). The van der Waals surface area contributed by atoms with E-state index in [0.29, 0.717) is 0 Å². The van der Waals surface area contributed by atoms with Crippen LogP contribution in [-0.2, 0) is 6.42 Å². The first-order valence-electron chi connectivity index (χ1n) is 14.8. The van der Waals surface area contributed by atoms with E-state index in [-0.39, 0.29) is 0 Å². The summed E-state index contributed by atoms with van der Waals surface area (Å²) in [5, 5.41) is 7.85. The minimum Gasteiger partial charge on any atom is -0.256 e. The van der Waals surface area contributed by atoms with E-state index in [2.05, 4.69) is 121 Å². The SMILES string of the molecule is c1ccc(-c2ccc(-c3ccc4c5c3ccc3ccc6c(-c7ccc(-c8ccccc8)cn7)ccc(c6c35)C4)nc2)cc1. The summed E-state index contributed by atoms with van der Waals surface area (Å²) in [5.74, 6) is 0. The van der Waals surface area contributed by atoms with Gasteiger partial charge in [0.1, 0.15) is 0 Å². The van der Waals surface area contributed by atoms with Crippen LogP contribution in [-0.4, -0.2) is 9.97 Å². The Morgan fingerprint density at radius 3 is 1.30 bits per heavy atom. The van der Waals surface area contributed by atoms with Crippen molar-refractivity contribution in [3.05, 3.63) is 157 Å². The van der Waals surface area contributed by atoms with Crippen LogP contribution in [0.1, 0.15) is 11.1 Å². The van der Waals surface area contributed by atoms with E-state index in [9.17, 15) is 0 Å². The summed E-state index contributed by atoms with van der Waals surface area (Å²) < 4.78 is 0. The molecule has 200 valence electrons. The van der Waals surface area contributed by atoms with Crippen LogP contribution in [0, 0.1) is 0 Å². The van der Waals surface area contributed by atoms with Gasteiger partial charge in [0.2, 0.25) is 0 Å². The molecule has 0 radical (unpaired) electrons. The van der Waals surface area contributed by atoms with E-state index < -0.39 is 0 Å². The highest BCUT2D eigenvalue weighted by atomic mass is 14.7. The van der Waals surface area contributed by atoms with E-state index in [1.807, 2.05) is 24.5 Å². The summed E-state index contributed by atoms with van der Waals surface area (Å²) in [7, 11) is 0. The first-order valence-corrected chi connectivity index (χ1v) is 14.8. The molecule has 0 saturated heterocycles. The van der Waals surface area contributed by atoms with Crippen LogP contribution in [0.4, 0.5) is 0 Å². The lowest BCUT2D eigenvalue weighted by Crippen LogP contribution is -2.01. The van der Waals surface area contributed by atoms with Crippen molar-refractivity contribution in [2.45, 2.75) is 6.42 Å². The molecule has 0 bridgehead atoms. The van der Waals surface area contributed by atoms with Gasteiger partial charge in [0.15, 0.2) is 0 Å². The van der Waals surface area contributed by atoms with E-state index in [0.717, 1.165) is 28.9 Å². The van der Waals surface area contributed by atoms with Crippen LogP contribution >= 0.6 is 0 Å². The van der Waals surface area contributed by atoms with E-state index in [4.69, 9.17) is 9.97 Å². The second-order valence-electron chi connectivity index (χ2n) is 11.4. The summed E-state index contributed by atoms with van der Waals surface area (Å²) in [6.07, 6.45) is 4.91. The Balaban J connectivity index is 1.21. The van der Waals surface area contributed by atoms with Crippen molar-refractivity contribution in [2.24, 2.45) is 0 Å². The predicted octanol–water partition coefficient (Wildman–Crippen LogP) is 10.5. The maximum Gasteiger partial charge on any atom is 0.0708 e. The number of rotatable bonds is 4. The molecule has 0 fully saturated rings. The average molecular weight is 547 g/mol. The molecule has 0 N–H and O–H groups in total. The van der Waals surface area contributed by atoms with Crippen molar-refractivity contribution >= 4 is 32.3 Å². The average Bonchev–Trinajstić information content (AvgIpc) is 3.09. The molecule has 8 aromatic rings. The molecular formula is C41H26N2. The second kappa shape index (κ2) is 9.47. The third-order valence-electron chi connectivity index (χ3n) is 8.99. The molecule has 2 heterocycles. The molecule has 0 amide bonds. The Hall–Kier alpha value is -5.60. The summed E-state index contributed by atoms with van der Waals surface area (Å²) >= 11 is 0. The van der Waals surface area contributed by atoms with Crippen LogP contribution in [0.5, 0.6) is 0 Å². The quantitative estimate of drug-likeness (QED) is 0.205. The largest absolute Gasteiger partial charge is 0.256 e. The van der Waals surface area contributed by atoms with Crippen molar-refractivity contribution in [2.75, 3.05) is 0 Å². The van der Waals surface area contributed by atoms with Crippen molar-refractivity contribution in [1.82, 2.24) is 9.97 Å². The normalized spacial score (nSPS) is 12.1. The summed E-state index contributed by atoms with van der Waals surface area (Å²) in [4.78, 5) is 9.87. The van der Waals surface area contributed by atoms with Gasteiger partial charge < -0.3 is 0 Å². The Kier molecular flexibility index (Phi) is 5.30. The number of pyridine rings is 2. The number of benzene rings is 6. The molecule has 2 heteroatoms. The van der Waals surface area contributed by atoms with Crippen LogP contribution in [0.2, 0.25) is 0 Å². The molecule has 0 spiro atoms. The van der Waals surface area contributed by atoms with Gasteiger partial charge in [-0.15, -0.1) is 0 Å². The van der Waals surface area contributed by atoms with E-state index in [1.54, 1.807) is 0 Å². The minimum atomic E-state index is 0.921. The zero-order valence-electron chi connectivity index (χ0n) is 23.5. The van der Waals surface area contributed by atoms with Gasteiger partial charge in [0.05, 0.1) is 11.4 Å². The second-order valence-corrected chi connectivity index (χ2v) is 11.4. The molecule has 6 aromatic carbocycles. The fourth-order valence-corrected chi connectivity index (χ4v) is 6.90. The van der Waals surface area contributed by atoms with Crippen molar-refractivity contribution in [3.63, 3.8) is 0 Å². The molecule has 0 atom stereocenters. The zero-order chi connectivity index (χ0) is 28.3. The monoisotopic (exact) mass is 546 g/mol. The molecule has 0 aliphatic heterocycles. The van der Waals surface area contributed by atoms with Gasteiger partial charge in [-0.1, -0.05) is 121 Å². The first kappa shape index (κ1) is 24.0. The number of hydrogen-bond donors (Lipinski definition) is 0. The smallest absolute Gasteiger partial charge is 0.0708 e. The molecule has 43 heavy (non-hydrogen) atoms. The number of nitrogens with zero attached hydrogens (tertiary/aromatic N) is 2. The molecule has 0 saturated carbocycles. The van der Waals surface area contributed by atoms with Gasteiger partial charge in [0, 0.05) is 34.6 Å². The first-order chi connectivity index (χ1) is 21.3. The van der Waals surface area contributed by atoms with Gasteiger partial charge in [-0.05, 0) is 73.1 Å². The van der Waals surface area contributed by atoms with Crippen molar-refractivity contribution < 1.29 is 0 Å².